The quantitative estimate of drug-likeness (QED) is 0.829. The van der Waals surface area contributed by atoms with Crippen LogP contribution in [-0.4, -0.2) is 93.5 Å². The highest BCUT2D eigenvalue weighted by Crippen LogP contribution is 2.20. The van der Waals surface area contributed by atoms with E-state index in [-0.39, 0.29) is 18.0 Å². The van der Waals surface area contributed by atoms with E-state index in [4.69, 9.17) is 0 Å². The van der Waals surface area contributed by atoms with Gasteiger partial charge in [-0.25, -0.2) is 9.48 Å². The van der Waals surface area contributed by atoms with Crippen molar-refractivity contribution < 1.29 is 9.59 Å². The molecule has 138 valence electrons. The molecule has 3 rings (SSSR count). The topological polar surface area (TPSA) is 86.6 Å². The van der Waals surface area contributed by atoms with Crippen molar-refractivity contribution in [2.75, 3.05) is 45.8 Å². The molecule has 0 aliphatic carbocycles. The Kier molecular flexibility index (Phi) is 5.22. The third-order valence-electron chi connectivity index (χ3n) is 4.91. The summed E-state index contributed by atoms with van der Waals surface area (Å²) in [5.41, 5.74) is 0.384. The molecule has 0 radical (unpaired) electrons. The number of aromatic nitrogens is 3. The van der Waals surface area contributed by atoms with Gasteiger partial charge in [-0.1, -0.05) is 5.21 Å². The van der Waals surface area contributed by atoms with E-state index in [0.717, 1.165) is 26.2 Å². The van der Waals surface area contributed by atoms with Gasteiger partial charge in [-0.05, 0) is 20.8 Å². The number of carbonyl (C=O) groups is 2. The van der Waals surface area contributed by atoms with Gasteiger partial charge in [0.2, 0.25) is 0 Å². The van der Waals surface area contributed by atoms with Crippen LogP contribution in [0, 0.1) is 0 Å². The highest BCUT2D eigenvalue weighted by atomic mass is 16.2. The number of carbonyl (C=O) groups excluding carboxylic acids is 2. The van der Waals surface area contributed by atoms with Crippen LogP contribution in [0.25, 0.3) is 0 Å². The zero-order valence-electron chi connectivity index (χ0n) is 15.2. The van der Waals surface area contributed by atoms with E-state index >= 15 is 0 Å². The van der Waals surface area contributed by atoms with Gasteiger partial charge >= 0.3 is 6.03 Å². The number of hydrogen-bond donors (Lipinski definition) is 1. The molecule has 1 aromatic rings. The number of likely N-dealkylation sites (tertiary alicyclic amines) is 1. The van der Waals surface area contributed by atoms with E-state index < -0.39 is 0 Å². The second-order valence-electron chi connectivity index (χ2n) is 6.90. The van der Waals surface area contributed by atoms with Gasteiger partial charge < -0.3 is 15.1 Å². The van der Waals surface area contributed by atoms with Crippen LogP contribution in [-0.2, 0) is 0 Å². The van der Waals surface area contributed by atoms with Crippen LogP contribution in [0.2, 0.25) is 0 Å². The number of nitrogens with one attached hydrogen (secondary N) is 1. The first kappa shape index (κ1) is 17.7. The molecule has 1 aromatic heterocycles. The van der Waals surface area contributed by atoms with E-state index in [2.05, 4.69) is 34.4 Å². The van der Waals surface area contributed by atoms with Gasteiger partial charge in [0.1, 0.15) is 0 Å². The molecule has 0 bridgehead atoms. The second-order valence-corrected chi connectivity index (χ2v) is 6.90. The molecular formula is C16H27N7O2. The van der Waals surface area contributed by atoms with Crippen LogP contribution < -0.4 is 5.32 Å². The second kappa shape index (κ2) is 7.38. The molecule has 2 fully saturated rings. The number of urea groups is 1. The van der Waals surface area contributed by atoms with Gasteiger partial charge in [-0.2, -0.15) is 0 Å². The third-order valence-corrected chi connectivity index (χ3v) is 4.91. The van der Waals surface area contributed by atoms with E-state index in [0.29, 0.717) is 31.4 Å². The Hall–Kier alpha value is -2.16. The lowest BCUT2D eigenvalue weighted by atomic mass is 10.1. The van der Waals surface area contributed by atoms with Crippen LogP contribution >= 0.6 is 0 Å². The molecule has 9 nitrogen and oxygen atoms in total. The monoisotopic (exact) mass is 349 g/mol. The largest absolute Gasteiger partial charge is 0.338 e. The van der Waals surface area contributed by atoms with Crippen molar-refractivity contribution in [3.8, 4) is 0 Å². The van der Waals surface area contributed by atoms with E-state index in [9.17, 15) is 9.59 Å². The summed E-state index contributed by atoms with van der Waals surface area (Å²) < 4.78 is 1.70. The van der Waals surface area contributed by atoms with Crippen molar-refractivity contribution in [3.63, 3.8) is 0 Å². The van der Waals surface area contributed by atoms with Gasteiger partial charge in [-0.3, -0.25) is 9.69 Å². The predicted octanol–water partition coefficient (Wildman–Crippen LogP) is 0.0305. The lowest BCUT2D eigenvalue weighted by molar-refractivity contribution is 0.0589. The molecule has 0 saturated carbocycles. The predicted molar refractivity (Wildman–Crippen MR) is 92.3 cm³/mol. The molecule has 2 aliphatic heterocycles. The minimum Gasteiger partial charge on any atom is -0.338 e. The minimum atomic E-state index is -0.0606. The highest BCUT2D eigenvalue weighted by molar-refractivity contribution is 5.92. The maximum atomic E-state index is 12.6. The highest BCUT2D eigenvalue weighted by Gasteiger charge is 2.33. The molecule has 2 saturated heterocycles. The number of nitrogens with zero attached hydrogens (tertiary/aromatic N) is 6. The fraction of sp³-hybridized carbons (Fsp3) is 0.750. The van der Waals surface area contributed by atoms with Gasteiger partial charge in [0.15, 0.2) is 5.69 Å². The number of amides is 3. The smallest absolute Gasteiger partial charge is 0.317 e. The van der Waals surface area contributed by atoms with Crippen LogP contribution in [0.4, 0.5) is 4.79 Å². The van der Waals surface area contributed by atoms with Crippen LogP contribution in [0.5, 0.6) is 0 Å². The number of rotatable bonds is 4. The molecule has 3 heterocycles. The first-order valence-corrected chi connectivity index (χ1v) is 8.97. The molecular weight excluding hydrogens is 322 g/mol. The van der Waals surface area contributed by atoms with E-state index in [1.807, 2.05) is 11.8 Å². The molecule has 0 unspecified atom stereocenters. The molecule has 3 amide bonds. The number of piperazine rings is 1. The maximum Gasteiger partial charge on any atom is 0.317 e. The average molecular weight is 349 g/mol. The summed E-state index contributed by atoms with van der Waals surface area (Å²) in [5.74, 6) is -0.0606. The Bertz CT molecular complexity index is 616. The Labute approximate surface area is 147 Å². The van der Waals surface area contributed by atoms with Crippen molar-refractivity contribution in [3.05, 3.63) is 11.9 Å². The summed E-state index contributed by atoms with van der Waals surface area (Å²) in [6, 6.07) is 0.539. The van der Waals surface area contributed by atoms with E-state index in [1.54, 1.807) is 15.8 Å². The molecule has 0 spiro atoms. The number of hydrogen-bond acceptors (Lipinski definition) is 5. The van der Waals surface area contributed by atoms with Crippen molar-refractivity contribution in [2.24, 2.45) is 0 Å². The first-order valence-electron chi connectivity index (χ1n) is 8.97. The molecule has 0 aromatic carbocycles. The summed E-state index contributed by atoms with van der Waals surface area (Å²) in [5, 5.41) is 10.9. The Morgan fingerprint density at radius 2 is 1.88 bits per heavy atom. The third kappa shape index (κ3) is 3.76. The normalized spacial score (nSPS) is 19.2. The molecule has 25 heavy (non-hydrogen) atoms. The fourth-order valence-electron chi connectivity index (χ4n) is 3.21. The van der Waals surface area contributed by atoms with Crippen molar-refractivity contribution >= 4 is 11.9 Å². The fourth-order valence-corrected chi connectivity index (χ4v) is 3.21. The zero-order valence-corrected chi connectivity index (χ0v) is 15.2. The summed E-state index contributed by atoms with van der Waals surface area (Å²) in [6.07, 6.45) is 1.71. The minimum absolute atomic E-state index is 0.0572. The SMILES string of the molecule is CCNC(=O)N1CC(n2cc(C(=O)N3CCN(C(C)C)CC3)nn2)C1. The summed E-state index contributed by atoms with van der Waals surface area (Å²) in [6.45, 7) is 11.3. The van der Waals surface area contributed by atoms with Gasteiger partial charge in [-0.15, -0.1) is 5.10 Å². The summed E-state index contributed by atoms with van der Waals surface area (Å²) in [4.78, 5) is 30.2. The van der Waals surface area contributed by atoms with Crippen molar-refractivity contribution in [1.29, 1.82) is 0 Å². The standard InChI is InChI=1S/C16H27N7O2/c1-4-17-16(25)22-9-13(10-22)23-11-14(18-19-23)15(24)21-7-5-20(6-8-21)12(2)3/h11-13H,4-10H2,1-3H3,(H,17,25). The van der Waals surface area contributed by atoms with Crippen molar-refractivity contribution in [2.45, 2.75) is 32.9 Å². The molecule has 0 atom stereocenters. The first-order chi connectivity index (χ1) is 12.0. The Morgan fingerprint density at radius 1 is 1.20 bits per heavy atom. The average Bonchev–Trinajstić information content (AvgIpc) is 3.02. The lowest BCUT2D eigenvalue weighted by Gasteiger charge is -2.38. The molecule has 2 aliphatic rings. The van der Waals surface area contributed by atoms with Gasteiger partial charge in [0.05, 0.1) is 12.2 Å². The van der Waals surface area contributed by atoms with Gasteiger partial charge in [0, 0.05) is 51.9 Å². The van der Waals surface area contributed by atoms with Crippen LogP contribution in [0.1, 0.15) is 37.3 Å². The maximum absolute atomic E-state index is 12.6. The van der Waals surface area contributed by atoms with Crippen molar-refractivity contribution in [1.82, 2.24) is 35.0 Å². The van der Waals surface area contributed by atoms with Crippen LogP contribution in [0.15, 0.2) is 6.20 Å². The summed E-state index contributed by atoms with van der Waals surface area (Å²) >= 11 is 0. The Morgan fingerprint density at radius 3 is 2.48 bits per heavy atom. The molecule has 1 N–H and O–H groups in total. The van der Waals surface area contributed by atoms with E-state index in [1.165, 1.54) is 0 Å². The zero-order chi connectivity index (χ0) is 18.0. The summed E-state index contributed by atoms with van der Waals surface area (Å²) in [7, 11) is 0. The van der Waals surface area contributed by atoms with Crippen LogP contribution in [0.3, 0.4) is 0 Å². The van der Waals surface area contributed by atoms with Gasteiger partial charge in [0.25, 0.3) is 5.91 Å². The Balaban J connectivity index is 1.52. The lowest BCUT2D eigenvalue weighted by Crippen LogP contribution is -2.54. The molecule has 9 heteroatoms.